The average Bonchev–Trinajstić information content (AvgIpc) is 2.60. The Morgan fingerprint density at radius 2 is 1.85 bits per heavy atom. The molecule has 0 bridgehead atoms. The maximum atomic E-state index is 11.9. The quantitative estimate of drug-likeness (QED) is 0.426. The summed E-state index contributed by atoms with van der Waals surface area (Å²) in [6, 6.07) is 8.10. The third-order valence-electron chi connectivity index (χ3n) is 4.24. The van der Waals surface area contributed by atoms with Crippen LogP contribution in [-0.2, 0) is 14.9 Å². The van der Waals surface area contributed by atoms with Crippen LogP contribution in [0, 0.1) is 10.1 Å². The number of hydrogen-bond acceptors (Lipinski definition) is 5. The number of carbonyl (C=O) groups excluding carboxylic acids is 1. The first-order valence-corrected chi connectivity index (χ1v) is 8.40. The van der Waals surface area contributed by atoms with Crippen LogP contribution in [0.1, 0.15) is 34.8 Å². The highest BCUT2D eigenvalue weighted by molar-refractivity contribution is 6.32. The second-order valence-electron chi connectivity index (χ2n) is 6.01. The lowest BCUT2D eigenvalue weighted by Gasteiger charge is -2.30. The molecule has 1 N–H and O–H groups in total. The third kappa shape index (κ3) is 4.20. The van der Waals surface area contributed by atoms with E-state index >= 15 is 0 Å². The van der Waals surface area contributed by atoms with E-state index in [0.717, 1.165) is 0 Å². The van der Waals surface area contributed by atoms with Crippen LogP contribution in [0.5, 0.6) is 0 Å². The fourth-order valence-corrected chi connectivity index (χ4v) is 3.44. The fourth-order valence-electron chi connectivity index (χ4n) is 2.94. The van der Waals surface area contributed by atoms with Crippen molar-refractivity contribution < 1.29 is 24.4 Å². The first kappa shape index (κ1) is 20.7. The first-order chi connectivity index (χ1) is 12.6. The van der Waals surface area contributed by atoms with Crippen molar-refractivity contribution in [3.05, 3.63) is 73.2 Å². The molecule has 0 spiro atoms. The Balaban J connectivity index is 2.84. The van der Waals surface area contributed by atoms with E-state index in [0.29, 0.717) is 0 Å². The minimum absolute atomic E-state index is 0.0753. The van der Waals surface area contributed by atoms with Gasteiger partial charge in [0.2, 0.25) is 0 Å². The predicted octanol–water partition coefficient (Wildman–Crippen LogP) is 4.47. The van der Waals surface area contributed by atoms with Gasteiger partial charge in [0.25, 0.3) is 5.69 Å². The van der Waals surface area contributed by atoms with Crippen LogP contribution in [0.4, 0.5) is 5.69 Å². The van der Waals surface area contributed by atoms with Gasteiger partial charge in [0, 0.05) is 27.1 Å². The molecule has 1 unspecified atom stereocenters. The monoisotopic (exact) mass is 411 g/mol. The number of nitro benzene ring substituents is 1. The van der Waals surface area contributed by atoms with E-state index in [-0.39, 0.29) is 32.4 Å². The summed E-state index contributed by atoms with van der Waals surface area (Å²) >= 11 is 12.3. The van der Waals surface area contributed by atoms with Gasteiger partial charge in [-0.25, -0.2) is 4.79 Å². The first-order valence-electron chi connectivity index (χ1n) is 7.64. The van der Waals surface area contributed by atoms with E-state index in [1.165, 1.54) is 50.4 Å². The van der Waals surface area contributed by atoms with Crippen LogP contribution < -0.4 is 0 Å². The molecule has 0 saturated carbocycles. The largest absolute Gasteiger partial charge is 0.481 e. The van der Waals surface area contributed by atoms with E-state index in [4.69, 9.17) is 23.2 Å². The molecule has 9 heteroatoms. The average molecular weight is 412 g/mol. The van der Waals surface area contributed by atoms with E-state index in [2.05, 4.69) is 4.74 Å². The normalized spacial score (nSPS) is 12.9. The maximum absolute atomic E-state index is 11.9. The topological polar surface area (TPSA) is 107 Å². The van der Waals surface area contributed by atoms with Crippen LogP contribution >= 0.6 is 23.2 Å². The van der Waals surface area contributed by atoms with Crippen LogP contribution in [-0.4, -0.2) is 29.1 Å². The number of esters is 1. The van der Waals surface area contributed by atoms with Crippen LogP contribution in [0.15, 0.2) is 36.4 Å². The molecule has 0 fully saturated rings. The Labute approximate surface area is 164 Å². The molecule has 7 nitrogen and oxygen atoms in total. The number of carboxylic acids is 1. The number of halogens is 2. The third-order valence-corrected chi connectivity index (χ3v) is 4.80. The van der Waals surface area contributed by atoms with Gasteiger partial charge >= 0.3 is 11.9 Å². The van der Waals surface area contributed by atoms with Gasteiger partial charge in [-0.05, 0) is 35.9 Å². The van der Waals surface area contributed by atoms with Crippen LogP contribution in [0.25, 0.3) is 0 Å². The van der Waals surface area contributed by atoms with Gasteiger partial charge < -0.3 is 9.84 Å². The van der Waals surface area contributed by atoms with Gasteiger partial charge in [-0.1, -0.05) is 30.1 Å². The van der Waals surface area contributed by atoms with E-state index in [9.17, 15) is 24.8 Å². The smallest absolute Gasteiger partial charge is 0.337 e. The van der Waals surface area contributed by atoms with Gasteiger partial charge in [0.1, 0.15) is 0 Å². The Kier molecular flexibility index (Phi) is 6.08. The number of nitrogens with zero attached hydrogens (tertiary/aromatic N) is 1. The molecule has 1 atom stereocenters. The lowest BCUT2D eigenvalue weighted by atomic mass is 9.72. The highest BCUT2D eigenvalue weighted by atomic mass is 35.5. The molecule has 2 aromatic rings. The maximum Gasteiger partial charge on any atom is 0.337 e. The summed E-state index contributed by atoms with van der Waals surface area (Å²) in [5.74, 6) is -1.85. The zero-order valence-corrected chi connectivity index (χ0v) is 15.9. The molecule has 0 aliphatic rings. The summed E-state index contributed by atoms with van der Waals surface area (Å²) in [5.41, 5.74) is -1.28. The summed E-state index contributed by atoms with van der Waals surface area (Å²) < 4.78 is 4.68. The molecule has 0 heterocycles. The molecular formula is C18H15Cl2NO6. The van der Waals surface area contributed by atoms with Crippen molar-refractivity contribution in [2.45, 2.75) is 18.8 Å². The number of rotatable bonds is 6. The number of hydrogen-bond donors (Lipinski definition) is 1. The molecule has 142 valence electrons. The van der Waals surface area contributed by atoms with E-state index < -0.39 is 28.7 Å². The molecule has 2 rings (SSSR count). The van der Waals surface area contributed by atoms with Crippen molar-refractivity contribution in [3.63, 3.8) is 0 Å². The number of aliphatic carboxylic acids is 1. The SMILES string of the molecule is COC(=O)c1ccc(Cl)c(C(C)(CC(=O)O)c2cc(Cl)ccc2[N+](=O)[O-])c1. The van der Waals surface area contributed by atoms with Crippen molar-refractivity contribution in [2.24, 2.45) is 0 Å². The number of carboxylic acid groups (broad SMARTS) is 1. The second kappa shape index (κ2) is 7.94. The van der Waals surface area contributed by atoms with Gasteiger partial charge in [-0.3, -0.25) is 14.9 Å². The molecule has 0 aliphatic heterocycles. The molecule has 0 radical (unpaired) electrons. The highest BCUT2D eigenvalue weighted by Crippen LogP contribution is 2.44. The molecule has 0 saturated heterocycles. The van der Waals surface area contributed by atoms with Crippen molar-refractivity contribution >= 4 is 40.8 Å². The molecule has 0 aromatic heterocycles. The van der Waals surface area contributed by atoms with Crippen LogP contribution in [0.2, 0.25) is 10.0 Å². The van der Waals surface area contributed by atoms with Crippen LogP contribution in [0.3, 0.4) is 0 Å². The van der Waals surface area contributed by atoms with Gasteiger partial charge in [0.15, 0.2) is 0 Å². The van der Waals surface area contributed by atoms with Crippen molar-refractivity contribution in [2.75, 3.05) is 7.11 Å². The van der Waals surface area contributed by atoms with Gasteiger partial charge in [-0.15, -0.1) is 0 Å². The number of methoxy groups -OCH3 is 1. The zero-order valence-electron chi connectivity index (χ0n) is 14.4. The molecule has 2 aromatic carbocycles. The Bertz CT molecular complexity index is 930. The van der Waals surface area contributed by atoms with Crippen molar-refractivity contribution in [1.29, 1.82) is 0 Å². The summed E-state index contributed by atoms with van der Waals surface area (Å²) in [7, 11) is 1.20. The molecule has 27 heavy (non-hydrogen) atoms. The number of benzene rings is 2. The summed E-state index contributed by atoms with van der Waals surface area (Å²) in [6.07, 6.45) is -0.515. The molecule has 0 aliphatic carbocycles. The standard InChI is InChI=1S/C18H15Cl2NO6/c1-18(9-16(22)23,13-8-11(19)4-6-15(13)21(25)26)12-7-10(17(24)27-2)3-5-14(12)20/h3-8H,9H2,1-2H3,(H,22,23). The van der Waals surface area contributed by atoms with Gasteiger partial charge in [-0.2, -0.15) is 0 Å². The Morgan fingerprint density at radius 1 is 1.19 bits per heavy atom. The minimum Gasteiger partial charge on any atom is -0.481 e. The Morgan fingerprint density at radius 3 is 2.41 bits per heavy atom. The second-order valence-corrected chi connectivity index (χ2v) is 6.85. The zero-order chi connectivity index (χ0) is 20.4. The highest BCUT2D eigenvalue weighted by Gasteiger charge is 2.39. The Hall–Kier alpha value is -2.64. The number of ether oxygens (including phenoxy) is 1. The fraction of sp³-hybridized carbons (Fsp3) is 0.222. The van der Waals surface area contributed by atoms with Crippen molar-refractivity contribution in [1.82, 2.24) is 0 Å². The summed E-state index contributed by atoms with van der Waals surface area (Å²) in [6.45, 7) is 1.50. The van der Waals surface area contributed by atoms with Gasteiger partial charge in [0.05, 0.1) is 24.0 Å². The summed E-state index contributed by atoms with van der Waals surface area (Å²) in [4.78, 5) is 34.3. The lowest BCUT2D eigenvalue weighted by Crippen LogP contribution is -2.29. The van der Waals surface area contributed by atoms with Crippen molar-refractivity contribution in [3.8, 4) is 0 Å². The molecular weight excluding hydrogens is 397 g/mol. The minimum atomic E-state index is -1.43. The molecule has 0 amide bonds. The predicted molar refractivity (Wildman–Crippen MR) is 99.6 cm³/mol. The van der Waals surface area contributed by atoms with E-state index in [1.54, 1.807) is 0 Å². The van der Waals surface area contributed by atoms with E-state index in [1.807, 2.05) is 0 Å². The number of nitro groups is 1. The summed E-state index contributed by atoms with van der Waals surface area (Å²) in [5, 5.41) is 21.3. The lowest BCUT2D eigenvalue weighted by molar-refractivity contribution is -0.386. The number of carbonyl (C=O) groups is 2.